The molecule has 0 saturated heterocycles. The van der Waals surface area contributed by atoms with Gasteiger partial charge in [0.05, 0.1) is 6.61 Å². The number of hydrogen-bond acceptors (Lipinski definition) is 1. The average Bonchev–Trinajstić information content (AvgIpc) is 3.28. The normalized spacial score (nSPS) is 24.0. The van der Waals surface area contributed by atoms with Gasteiger partial charge in [0.1, 0.15) is 0 Å². The van der Waals surface area contributed by atoms with Gasteiger partial charge in [0.2, 0.25) is 5.82 Å². The molecule has 1 nitrogen and oxygen atoms in total. The molecular weight excluding hydrogens is 342 g/mol. The monoisotopic (exact) mass is 368 g/mol. The van der Waals surface area contributed by atoms with E-state index in [4.69, 9.17) is 4.74 Å². The summed E-state index contributed by atoms with van der Waals surface area (Å²) in [5.74, 6) is 0.503. The van der Waals surface area contributed by atoms with E-state index in [9.17, 15) is 8.78 Å². The standard InChI is InChI=1S/C24H26F2O/c1-3-15-9-10-21-18(15)11-12-19(21)16-5-7-17(8-6-16)20-13-14-22(27-4-2)24(26)23(20)25/h5-8,12-15,18,21H,3-4,9-11H2,1-2H3. The van der Waals surface area contributed by atoms with E-state index < -0.39 is 11.6 Å². The lowest BCUT2D eigenvalue weighted by Crippen LogP contribution is -2.10. The highest BCUT2D eigenvalue weighted by atomic mass is 19.2. The zero-order chi connectivity index (χ0) is 19.0. The predicted molar refractivity (Wildman–Crippen MR) is 106 cm³/mol. The first kappa shape index (κ1) is 18.2. The van der Waals surface area contributed by atoms with Gasteiger partial charge >= 0.3 is 0 Å². The summed E-state index contributed by atoms with van der Waals surface area (Å²) in [6, 6.07) is 11.0. The van der Waals surface area contributed by atoms with Crippen LogP contribution in [0.3, 0.4) is 0 Å². The first-order chi connectivity index (χ1) is 13.1. The van der Waals surface area contributed by atoms with Crippen LogP contribution in [0.15, 0.2) is 42.5 Å². The molecule has 3 atom stereocenters. The lowest BCUT2D eigenvalue weighted by atomic mass is 9.86. The number of halogens is 2. The maximum absolute atomic E-state index is 14.5. The Morgan fingerprint density at radius 2 is 1.67 bits per heavy atom. The quantitative estimate of drug-likeness (QED) is 0.559. The molecule has 0 radical (unpaired) electrons. The number of fused-ring (bicyclic) bond motifs is 1. The zero-order valence-electron chi connectivity index (χ0n) is 16.0. The second kappa shape index (κ2) is 7.46. The van der Waals surface area contributed by atoms with Crippen molar-refractivity contribution in [2.75, 3.05) is 6.61 Å². The molecule has 142 valence electrons. The molecule has 2 aromatic carbocycles. The van der Waals surface area contributed by atoms with Crippen molar-refractivity contribution in [3.8, 4) is 16.9 Å². The third-order valence-electron chi connectivity index (χ3n) is 6.38. The Labute approximate surface area is 160 Å². The van der Waals surface area contributed by atoms with Crippen LogP contribution in [0.5, 0.6) is 5.75 Å². The largest absolute Gasteiger partial charge is 0.491 e. The molecule has 1 saturated carbocycles. The van der Waals surface area contributed by atoms with Crippen LogP contribution in [-0.4, -0.2) is 6.61 Å². The van der Waals surface area contributed by atoms with Crippen molar-refractivity contribution in [3.05, 3.63) is 59.7 Å². The van der Waals surface area contributed by atoms with Gasteiger partial charge < -0.3 is 4.74 Å². The topological polar surface area (TPSA) is 9.23 Å². The van der Waals surface area contributed by atoms with Crippen LogP contribution < -0.4 is 4.74 Å². The maximum Gasteiger partial charge on any atom is 0.201 e. The summed E-state index contributed by atoms with van der Waals surface area (Å²) in [4.78, 5) is 0. The Hall–Kier alpha value is -2.16. The highest BCUT2D eigenvalue weighted by molar-refractivity contribution is 5.73. The number of allylic oxidation sites excluding steroid dienone is 2. The molecule has 0 N–H and O–H groups in total. The molecule has 2 aliphatic rings. The van der Waals surface area contributed by atoms with Gasteiger partial charge in [-0.05, 0) is 72.8 Å². The van der Waals surface area contributed by atoms with Gasteiger partial charge in [0.25, 0.3) is 0 Å². The van der Waals surface area contributed by atoms with Gasteiger partial charge in [0.15, 0.2) is 11.6 Å². The van der Waals surface area contributed by atoms with Gasteiger partial charge in [-0.3, -0.25) is 0 Å². The van der Waals surface area contributed by atoms with E-state index >= 15 is 0 Å². The molecule has 27 heavy (non-hydrogen) atoms. The average molecular weight is 368 g/mol. The number of rotatable bonds is 5. The van der Waals surface area contributed by atoms with E-state index in [1.54, 1.807) is 13.0 Å². The Kier molecular flexibility index (Phi) is 5.03. The van der Waals surface area contributed by atoms with Crippen molar-refractivity contribution in [1.82, 2.24) is 0 Å². The molecule has 0 aromatic heterocycles. The Morgan fingerprint density at radius 3 is 2.37 bits per heavy atom. The molecule has 0 spiro atoms. The number of benzene rings is 2. The van der Waals surface area contributed by atoms with Crippen molar-refractivity contribution < 1.29 is 13.5 Å². The van der Waals surface area contributed by atoms with Crippen LogP contribution in [0.1, 0.15) is 45.1 Å². The molecule has 0 amide bonds. The van der Waals surface area contributed by atoms with E-state index in [0.29, 0.717) is 18.1 Å². The summed E-state index contributed by atoms with van der Waals surface area (Å²) < 4.78 is 33.8. The van der Waals surface area contributed by atoms with Crippen LogP contribution >= 0.6 is 0 Å². The lowest BCUT2D eigenvalue weighted by molar-refractivity contribution is 0.314. The van der Waals surface area contributed by atoms with Crippen molar-refractivity contribution >= 4 is 5.57 Å². The third kappa shape index (κ3) is 3.18. The molecule has 0 bridgehead atoms. The molecule has 0 heterocycles. The van der Waals surface area contributed by atoms with Crippen LogP contribution in [0.4, 0.5) is 8.78 Å². The molecule has 3 heteroatoms. The number of hydrogen-bond donors (Lipinski definition) is 0. The van der Waals surface area contributed by atoms with E-state index in [-0.39, 0.29) is 11.3 Å². The Balaban J connectivity index is 1.58. The molecule has 3 unspecified atom stereocenters. The minimum absolute atomic E-state index is 0.0377. The smallest absolute Gasteiger partial charge is 0.201 e. The zero-order valence-corrected chi connectivity index (χ0v) is 16.0. The van der Waals surface area contributed by atoms with Gasteiger partial charge in [0, 0.05) is 5.56 Å². The highest BCUT2D eigenvalue weighted by Crippen LogP contribution is 2.51. The summed E-state index contributed by atoms with van der Waals surface area (Å²) in [5, 5.41) is 0. The summed E-state index contributed by atoms with van der Waals surface area (Å²) >= 11 is 0. The van der Waals surface area contributed by atoms with Gasteiger partial charge in [-0.1, -0.05) is 43.7 Å². The van der Waals surface area contributed by atoms with Gasteiger partial charge in [-0.15, -0.1) is 0 Å². The summed E-state index contributed by atoms with van der Waals surface area (Å²) in [6.07, 6.45) is 7.44. The summed E-state index contributed by atoms with van der Waals surface area (Å²) in [6.45, 7) is 4.35. The lowest BCUT2D eigenvalue weighted by Gasteiger charge is -2.19. The van der Waals surface area contributed by atoms with Crippen LogP contribution in [0, 0.1) is 29.4 Å². The number of ether oxygens (including phenoxy) is 1. The molecule has 0 aliphatic heterocycles. The first-order valence-electron chi connectivity index (χ1n) is 10.1. The molecular formula is C24H26F2O. The first-order valence-corrected chi connectivity index (χ1v) is 10.1. The minimum Gasteiger partial charge on any atom is -0.491 e. The second-order valence-electron chi connectivity index (χ2n) is 7.66. The maximum atomic E-state index is 14.5. The third-order valence-corrected chi connectivity index (χ3v) is 6.38. The van der Waals surface area contributed by atoms with E-state index in [1.807, 2.05) is 12.1 Å². The van der Waals surface area contributed by atoms with E-state index in [1.165, 1.54) is 42.9 Å². The van der Waals surface area contributed by atoms with Crippen LogP contribution in [-0.2, 0) is 0 Å². The van der Waals surface area contributed by atoms with Crippen molar-refractivity contribution in [3.63, 3.8) is 0 Å². The van der Waals surface area contributed by atoms with Crippen molar-refractivity contribution in [1.29, 1.82) is 0 Å². The molecule has 2 aromatic rings. The van der Waals surface area contributed by atoms with Crippen LogP contribution in [0.2, 0.25) is 0 Å². The second-order valence-corrected chi connectivity index (χ2v) is 7.66. The highest BCUT2D eigenvalue weighted by Gasteiger charge is 2.39. The predicted octanol–water partition coefficient (Wildman–Crippen LogP) is 6.87. The van der Waals surface area contributed by atoms with Crippen molar-refractivity contribution in [2.45, 2.75) is 39.5 Å². The molecule has 4 rings (SSSR count). The fraction of sp³-hybridized carbons (Fsp3) is 0.417. The molecule has 1 fully saturated rings. The Morgan fingerprint density at radius 1 is 0.926 bits per heavy atom. The van der Waals surface area contributed by atoms with Gasteiger partial charge in [-0.2, -0.15) is 4.39 Å². The molecule has 2 aliphatic carbocycles. The van der Waals surface area contributed by atoms with E-state index in [2.05, 4.69) is 25.1 Å². The minimum atomic E-state index is -0.920. The van der Waals surface area contributed by atoms with Crippen LogP contribution in [0.25, 0.3) is 16.7 Å². The SMILES string of the molecule is CCOc1ccc(-c2ccc(C3=CCC4C(CC)CCC34)cc2)c(F)c1F. The van der Waals surface area contributed by atoms with Gasteiger partial charge in [-0.25, -0.2) is 4.39 Å². The Bertz CT molecular complexity index is 853. The fourth-order valence-electron chi connectivity index (χ4n) is 5.01. The summed E-state index contributed by atoms with van der Waals surface area (Å²) in [5.41, 5.74) is 3.62. The summed E-state index contributed by atoms with van der Waals surface area (Å²) in [7, 11) is 0. The van der Waals surface area contributed by atoms with Crippen molar-refractivity contribution in [2.24, 2.45) is 17.8 Å². The fourth-order valence-corrected chi connectivity index (χ4v) is 5.01. The van der Waals surface area contributed by atoms with E-state index in [0.717, 1.165) is 11.8 Å².